The summed E-state index contributed by atoms with van der Waals surface area (Å²) in [6.45, 7) is 3.80. The molecular formula is C14H14ClN3S. The van der Waals surface area contributed by atoms with Crippen LogP contribution >= 0.6 is 23.4 Å². The smallest absolute Gasteiger partial charge is 0.125 e. The minimum absolute atomic E-state index is 0.0430. The number of benzene rings is 1. The van der Waals surface area contributed by atoms with Crippen molar-refractivity contribution in [3.63, 3.8) is 0 Å². The molecule has 0 aliphatic carbocycles. The van der Waals surface area contributed by atoms with Crippen LogP contribution < -0.4 is 5.73 Å². The third kappa shape index (κ3) is 3.28. The summed E-state index contributed by atoms with van der Waals surface area (Å²) in [7, 11) is 0. The van der Waals surface area contributed by atoms with Gasteiger partial charge in [-0.2, -0.15) is 0 Å². The Morgan fingerprint density at radius 1 is 1.26 bits per heavy atom. The molecule has 0 bridgehead atoms. The summed E-state index contributed by atoms with van der Waals surface area (Å²) >= 11 is 7.43. The van der Waals surface area contributed by atoms with Crippen LogP contribution in [0.1, 0.15) is 17.0 Å². The average Bonchev–Trinajstić information content (AvgIpc) is 2.30. The van der Waals surface area contributed by atoms with E-state index in [1.807, 2.05) is 44.2 Å². The number of aromatic nitrogens is 1. The molecule has 0 amide bonds. The van der Waals surface area contributed by atoms with E-state index in [4.69, 9.17) is 22.7 Å². The van der Waals surface area contributed by atoms with Gasteiger partial charge in [-0.15, -0.1) is 0 Å². The average molecular weight is 292 g/mol. The summed E-state index contributed by atoms with van der Waals surface area (Å²) in [5.74, 6) is 0.0430. The minimum Gasteiger partial charge on any atom is -0.384 e. The molecule has 0 unspecified atom stereocenters. The highest BCUT2D eigenvalue weighted by Crippen LogP contribution is 2.32. The highest BCUT2D eigenvalue weighted by Gasteiger charge is 2.12. The zero-order valence-corrected chi connectivity index (χ0v) is 12.3. The molecule has 0 atom stereocenters. The van der Waals surface area contributed by atoms with Crippen LogP contribution in [0, 0.1) is 19.3 Å². The van der Waals surface area contributed by atoms with Crippen LogP contribution in [0.5, 0.6) is 0 Å². The number of nitrogen functional groups attached to an aromatic ring is 1. The molecule has 98 valence electrons. The summed E-state index contributed by atoms with van der Waals surface area (Å²) in [5, 5.41) is 8.40. The summed E-state index contributed by atoms with van der Waals surface area (Å²) in [6.07, 6.45) is 0. The van der Waals surface area contributed by atoms with Crippen LogP contribution in [0.3, 0.4) is 0 Å². The summed E-state index contributed by atoms with van der Waals surface area (Å²) < 4.78 is 0. The Labute approximate surface area is 121 Å². The molecule has 5 heteroatoms. The van der Waals surface area contributed by atoms with Crippen LogP contribution in [0.2, 0.25) is 5.02 Å². The second kappa shape index (κ2) is 5.63. The SMILES string of the molecule is Cc1cc(Sc2ccc(Cl)cc2)c(C(=N)N)c(C)n1. The highest BCUT2D eigenvalue weighted by atomic mass is 35.5. The van der Waals surface area contributed by atoms with Crippen molar-refractivity contribution in [2.45, 2.75) is 23.6 Å². The van der Waals surface area contributed by atoms with Crippen molar-refractivity contribution in [3.05, 3.63) is 52.3 Å². The van der Waals surface area contributed by atoms with Crippen LogP contribution in [0.15, 0.2) is 40.1 Å². The fraction of sp³-hybridized carbons (Fsp3) is 0.143. The Morgan fingerprint density at radius 2 is 1.89 bits per heavy atom. The number of pyridine rings is 1. The summed E-state index contributed by atoms with van der Waals surface area (Å²) in [5.41, 5.74) is 8.05. The maximum Gasteiger partial charge on any atom is 0.125 e. The molecule has 0 saturated heterocycles. The Balaban J connectivity index is 2.44. The van der Waals surface area contributed by atoms with E-state index >= 15 is 0 Å². The topological polar surface area (TPSA) is 62.8 Å². The summed E-state index contributed by atoms with van der Waals surface area (Å²) in [4.78, 5) is 6.35. The fourth-order valence-corrected chi connectivity index (χ4v) is 3.07. The molecule has 0 aliphatic heterocycles. The monoisotopic (exact) mass is 291 g/mol. The van der Waals surface area contributed by atoms with Crippen molar-refractivity contribution in [3.8, 4) is 0 Å². The number of amidine groups is 1. The van der Waals surface area contributed by atoms with Crippen LogP contribution in [0.25, 0.3) is 0 Å². The first-order chi connectivity index (χ1) is 8.97. The second-order valence-corrected chi connectivity index (χ2v) is 5.74. The molecule has 0 spiro atoms. The second-order valence-electron chi connectivity index (χ2n) is 4.19. The molecule has 0 fully saturated rings. The molecule has 2 aromatic rings. The normalized spacial score (nSPS) is 10.5. The molecule has 1 aromatic heterocycles. The predicted octanol–water partition coefficient (Wildman–Crippen LogP) is 3.79. The molecule has 1 aromatic carbocycles. The number of halogens is 1. The molecule has 0 saturated carbocycles. The zero-order valence-electron chi connectivity index (χ0n) is 10.7. The lowest BCUT2D eigenvalue weighted by Gasteiger charge is -2.11. The maximum atomic E-state index is 7.69. The largest absolute Gasteiger partial charge is 0.384 e. The third-order valence-electron chi connectivity index (χ3n) is 2.60. The minimum atomic E-state index is 0.0430. The van der Waals surface area contributed by atoms with E-state index < -0.39 is 0 Å². The number of nitrogens with two attached hydrogens (primary N) is 1. The lowest BCUT2D eigenvalue weighted by Crippen LogP contribution is -2.15. The quantitative estimate of drug-likeness (QED) is 0.668. The number of hydrogen-bond acceptors (Lipinski definition) is 3. The number of nitrogens with zero attached hydrogens (tertiary/aromatic N) is 1. The number of aryl methyl sites for hydroxylation is 2. The van der Waals surface area contributed by atoms with E-state index in [9.17, 15) is 0 Å². The lowest BCUT2D eigenvalue weighted by molar-refractivity contribution is 1.07. The first kappa shape index (κ1) is 13.9. The summed E-state index contributed by atoms with van der Waals surface area (Å²) in [6, 6.07) is 9.53. The van der Waals surface area contributed by atoms with E-state index in [0.29, 0.717) is 10.6 Å². The van der Waals surface area contributed by atoms with Gasteiger partial charge >= 0.3 is 0 Å². The number of hydrogen-bond donors (Lipinski definition) is 2. The molecule has 0 aliphatic rings. The Morgan fingerprint density at radius 3 is 2.47 bits per heavy atom. The van der Waals surface area contributed by atoms with Gasteiger partial charge < -0.3 is 5.73 Å². The van der Waals surface area contributed by atoms with E-state index in [0.717, 1.165) is 21.2 Å². The van der Waals surface area contributed by atoms with Crippen molar-refractivity contribution in [1.82, 2.24) is 4.98 Å². The molecule has 19 heavy (non-hydrogen) atoms. The lowest BCUT2D eigenvalue weighted by atomic mass is 10.1. The first-order valence-electron chi connectivity index (χ1n) is 5.73. The maximum absolute atomic E-state index is 7.69. The van der Waals surface area contributed by atoms with Crippen LogP contribution in [-0.2, 0) is 0 Å². The van der Waals surface area contributed by atoms with E-state index in [1.165, 1.54) is 0 Å². The number of rotatable bonds is 3. The van der Waals surface area contributed by atoms with Crippen molar-refractivity contribution >= 4 is 29.2 Å². The van der Waals surface area contributed by atoms with Gasteiger partial charge in [0.15, 0.2) is 0 Å². The Kier molecular flexibility index (Phi) is 4.12. The molecular weight excluding hydrogens is 278 g/mol. The van der Waals surface area contributed by atoms with Gasteiger partial charge in [0, 0.05) is 26.2 Å². The van der Waals surface area contributed by atoms with E-state index in [1.54, 1.807) is 11.8 Å². The molecule has 3 N–H and O–H groups in total. The van der Waals surface area contributed by atoms with Crippen molar-refractivity contribution in [2.24, 2.45) is 5.73 Å². The zero-order chi connectivity index (χ0) is 14.0. The van der Waals surface area contributed by atoms with E-state index in [-0.39, 0.29) is 5.84 Å². The molecule has 0 radical (unpaired) electrons. The molecule has 3 nitrogen and oxygen atoms in total. The Hall–Kier alpha value is -1.52. The van der Waals surface area contributed by atoms with Crippen molar-refractivity contribution in [1.29, 1.82) is 5.41 Å². The van der Waals surface area contributed by atoms with Crippen molar-refractivity contribution < 1.29 is 0 Å². The van der Waals surface area contributed by atoms with Crippen LogP contribution in [0.4, 0.5) is 0 Å². The standard InChI is InChI=1S/C14H14ClN3S/c1-8-7-12(13(14(16)17)9(2)18-8)19-11-5-3-10(15)4-6-11/h3-7H,1-2H3,(H3,16,17). The van der Waals surface area contributed by atoms with Gasteiger partial charge in [-0.25, -0.2) is 0 Å². The van der Waals surface area contributed by atoms with Gasteiger partial charge in [-0.3, -0.25) is 10.4 Å². The van der Waals surface area contributed by atoms with Gasteiger partial charge in [0.05, 0.1) is 5.56 Å². The first-order valence-corrected chi connectivity index (χ1v) is 6.93. The third-order valence-corrected chi connectivity index (χ3v) is 3.90. The van der Waals surface area contributed by atoms with Gasteiger partial charge in [0.2, 0.25) is 0 Å². The van der Waals surface area contributed by atoms with Crippen molar-refractivity contribution in [2.75, 3.05) is 0 Å². The van der Waals surface area contributed by atoms with Gasteiger partial charge in [-0.05, 0) is 44.2 Å². The van der Waals surface area contributed by atoms with Crippen LogP contribution in [-0.4, -0.2) is 10.8 Å². The Bertz CT molecular complexity index is 623. The van der Waals surface area contributed by atoms with Gasteiger partial charge in [-0.1, -0.05) is 23.4 Å². The van der Waals surface area contributed by atoms with Gasteiger partial charge in [0.25, 0.3) is 0 Å². The van der Waals surface area contributed by atoms with E-state index in [2.05, 4.69) is 4.98 Å². The fourth-order valence-electron chi connectivity index (χ4n) is 1.83. The molecule has 1 heterocycles. The highest BCUT2D eigenvalue weighted by molar-refractivity contribution is 7.99. The number of nitrogens with one attached hydrogen (secondary N) is 1. The predicted molar refractivity (Wildman–Crippen MR) is 80.3 cm³/mol. The van der Waals surface area contributed by atoms with Gasteiger partial charge in [0.1, 0.15) is 5.84 Å². The molecule has 2 rings (SSSR count).